The molecule has 0 aliphatic heterocycles. The Kier molecular flexibility index (Phi) is 5.76. The highest BCUT2D eigenvalue weighted by atomic mass is 28.4. The summed E-state index contributed by atoms with van der Waals surface area (Å²) >= 11 is 0. The first-order chi connectivity index (χ1) is 7.08. The van der Waals surface area contributed by atoms with Crippen LogP contribution in [0, 0.1) is 0 Å². The first-order valence-corrected chi connectivity index (χ1v) is 13.6. The Labute approximate surface area is 99.7 Å². The van der Waals surface area contributed by atoms with Gasteiger partial charge in [-0.05, 0) is 32.5 Å². The number of hydrogen-bond acceptors (Lipinski definition) is 2. The first kappa shape index (κ1) is 13.6. The van der Waals surface area contributed by atoms with E-state index in [9.17, 15) is 0 Å². The highest BCUT2D eigenvalue weighted by molar-refractivity contribution is 6.77. The summed E-state index contributed by atoms with van der Waals surface area (Å²) in [4.78, 5) is 0. The van der Waals surface area contributed by atoms with E-state index >= 15 is 0 Å². The van der Waals surface area contributed by atoms with Crippen LogP contribution in [0.2, 0.25) is 31.7 Å². The van der Waals surface area contributed by atoms with Crippen molar-refractivity contribution in [3.8, 4) is 0 Å². The summed E-state index contributed by atoms with van der Waals surface area (Å²) in [5, 5.41) is 0. The minimum atomic E-state index is -1.79. The minimum Gasteiger partial charge on any atom is -0.442 e. The summed E-state index contributed by atoms with van der Waals surface area (Å²) in [7, 11) is -3.05. The molecule has 0 aromatic heterocycles. The zero-order valence-electron chi connectivity index (χ0n) is 10.7. The van der Waals surface area contributed by atoms with E-state index < -0.39 is 17.6 Å². The lowest BCUT2D eigenvalue weighted by atomic mass is 10.0. The van der Waals surface area contributed by atoms with Crippen molar-refractivity contribution in [2.45, 2.75) is 63.8 Å². The molecule has 90 valence electrons. The van der Waals surface area contributed by atoms with E-state index in [-0.39, 0.29) is 9.76 Å². The van der Waals surface area contributed by atoms with Gasteiger partial charge in [-0.2, -0.15) is 0 Å². The summed E-state index contributed by atoms with van der Waals surface area (Å²) in [5.74, 6) is 0. The molecule has 0 aromatic carbocycles. The van der Waals surface area contributed by atoms with Crippen LogP contribution in [0.3, 0.4) is 0 Å². The van der Waals surface area contributed by atoms with E-state index in [0.717, 1.165) is 5.54 Å². The van der Waals surface area contributed by atoms with Gasteiger partial charge in [0.1, 0.15) is 9.76 Å². The normalized spacial score (nSPS) is 23.8. The molecule has 0 saturated heterocycles. The third-order valence-corrected chi connectivity index (χ3v) is 12.5. The number of hydrogen-bond donors (Lipinski definition) is 0. The van der Waals surface area contributed by atoms with Gasteiger partial charge in [0.05, 0.1) is 0 Å². The van der Waals surface area contributed by atoms with E-state index in [1.165, 1.54) is 32.1 Å². The van der Waals surface area contributed by atoms with Crippen LogP contribution in [0.25, 0.3) is 0 Å². The molecular weight excluding hydrogens is 236 g/mol. The maximum Gasteiger partial charge on any atom is 0.317 e. The van der Waals surface area contributed by atoms with Crippen molar-refractivity contribution in [1.29, 1.82) is 0 Å². The van der Waals surface area contributed by atoms with Crippen molar-refractivity contribution in [3.63, 3.8) is 0 Å². The van der Waals surface area contributed by atoms with Gasteiger partial charge in [-0.3, -0.25) is 0 Å². The molecule has 0 bridgehead atoms. The van der Waals surface area contributed by atoms with Crippen LogP contribution in [-0.2, 0) is 8.23 Å². The van der Waals surface area contributed by atoms with Crippen LogP contribution in [-0.4, -0.2) is 27.4 Å². The van der Waals surface area contributed by atoms with E-state index in [2.05, 4.69) is 26.2 Å². The van der Waals surface area contributed by atoms with Gasteiger partial charge in [-0.15, -0.1) is 0 Å². The molecular formula is C10H26O2Si3. The third kappa shape index (κ3) is 4.14. The summed E-state index contributed by atoms with van der Waals surface area (Å²) in [6.45, 7) is 9.11. The Morgan fingerprint density at radius 1 is 1.20 bits per heavy atom. The molecule has 1 atom stereocenters. The van der Waals surface area contributed by atoms with Gasteiger partial charge in [0.15, 0.2) is 9.04 Å². The van der Waals surface area contributed by atoms with Gasteiger partial charge in [0, 0.05) is 5.54 Å². The van der Waals surface area contributed by atoms with Crippen molar-refractivity contribution in [2.24, 2.45) is 0 Å². The highest BCUT2D eigenvalue weighted by Gasteiger charge is 2.41. The highest BCUT2D eigenvalue weighted by Crippen LogP contribution is 2.38. The third-order valence-electron chi connectivity index (χ3n) is 3.25. The predicted molar refractivity (Wildman–Crippen MR) is 73.9 cm³/mol. The largest absolute Gasteiger partial charge is 0.442 e. The zero-order valence-corrected chi connectivity index (χ0v) is 14.3. The van der Waals surface area contributed by atoms with Crippen LogP contribution in [0.4, 0.5) is 0 Å². The minimum absolute atomic E-state index is 0.319. The Morgan fingerprint density at radius 3 is 2.27 bits per heavy atom. The zero-order chi connectivity index (χ0) is 11.3. The molecule has 0 spiro atoms. The second-order valence-corrected chi connectivity index (χ2v) is 12.6. The smallest absolute Gasteiger partial charge is 0.317 e. The SMILES string of the molecule is C[SiH2]O[Si](C)(O[SiH](C)C)C1CCCCC1. The van der Waals surface area contributed by atoms with E-state index in [4.69, 9.17) is 8.23 Å². The van der Waals surface area contributed by atoms with Crippen LogP contribution in [0.5, 0.6) is 0 Å². The van der Waals surface area contributed by atoms with Crippen LogP contribution in [0.1, 0.15) is 32.1 Å². The lowest BCUT2D eigenvalue weighted by molar-refractivity contribution is 0.350. The lowest BCUT2D eigenvalue weighted by Crippen LogP contribution is -2.48. The van der Waals surface area contributed by atoms with Gasteiger partial charge >= 0.3 is 8.56 Å². The summed E-state index contributed by atoms with van der Waals surface area (Å²) in [6.07, 6.45) is 6.93. The molecule has 0 radical (unpaired) electrons. The van der Waals surface area contributed by atoms with Gasteiger partial charge in [0.2, 0.25) is 0 Å². The van der Waals surface area contributed by atoms with E-state index in [1.54, 1.807) is 0 Å². The van der Waals surface area contributed by atoms with Gasteiger partial charge in [-0.25, -0.2) is 0 Å². The fourth-order valence-electron chi connectivity index (χ4n) is 2.63. The Balaban J connectivity index is 2.60. The fraction of sp³-hybridized carbons (Fsp3) is 1.00. The van der Waals surface area contributed by atoms with Crippen molar-refractivity contribution in [3.05, 3.63) is 0 Å². The topological polar surface area (TPSA) is 18.5 Å². The van der Waals surface area contributed by atoms with E-state index in [1.807, 2.05) is 0 Å². The Hall–Kier alpha value is 0.571. The molecule has 1 saturated carbocycles. The molecule has 1 aliphatic rings. The summed E-state index contributed by atoms with van der Waals surface area (Å²) in [6, 6.07) is 0. The monoisotopic (exact) mass is 262 g/mol. The fourth-order valence-corrected chi connectivity index (χ4v) is 12.7. The van der Waals surface area contributed by atoms with E-state index in [0.29, 0.717) is 0 Å². The molecule has 1 rings (SSSR count). The molecule has 0 aromatic rings. The second kappa shape index (κ2) is 6.34. The Bertz CT molecular complexity index is 184. The van der Waals surface area contributed by atoms with Crippen LogP contribution in [0.15, 0.2) is 0 Å². The van der Waals surface area contributed by atoms with Crippen molar-refractivity contribution in [2.75, 3.05) is 0 Å². The molecule has 0 N–H and O–H groups in total. The number of rotatable bonds is 5. The molecule has 0 heterocycles. The van der Waals surface area contributed by atoms with Crippen molar-refractivity contribution in [1.82, 2.24) is 0 Å². The van der Waals surface area contributed by atoms with Gasteiger partial charge in [0.25, 0.3) is 0 Å². The average Bonchev–Trinajstić information content (AvgIpc) is 2.18. The Morgan fingerprint density at radius 2 is 1.80 bits per heavy atom. The first-order valence-electron chi connectivity index (χ1n) is 6.40. The lowest BCUT2D eigenvalue weighted by Gasteiger charge is -2.38. The standard InChI is InChI=1S/C10H26O2Si3/c1-13-11-15(4,12-14(2)3)10-8-6-5-7-9-10/h10,14H,5-9,13H2,1-4H3. The maximum atomic E-state index is 6.31. The van der Waals surface area contributed by atoms with Crippen LogP contribution >= 0.6 is 0 Å². The molecule has 1 aliphatic carbocycles. The van der Waals surface area contributed by atoms with Gasteiger partial charge in [-0.1, -0.05) is 25.8 Å². The van der Waals surface area contributed by atoms with Crippen molar-refractivity contribution < 1.29 is 8.23 Å². The quantitative estimate of drug-likeness (QED) is 0.709. The molecule has 2 nitrogen and oxygen atoms in total. The molecule has 0 amide bonds. The van der Waals surface area contributed by atoms with Crippen LogP contribution < -0.4 is 0 Å². The summed E-state index contributed by atoms with van der Waals surface area (Å²) < 4.78 is 12.5. The molecule has 1 unspecified atom stereocenters. The molecule has 15 heavy (non-hydrogen) atoms. The predicted octanol–water partition coefficient (Wildman–Crippen LogP) is 2.54. The second-order valence-electron chi connectivity index (χ2n) is 4.95. The summed E-state index contributed by atoms with van der Waals surface area (Å²) in [5.41, 5.74) is 0.786. The maximum absolute atomic E-state index is 6.31. The average molecular weight is 263 g/mol. The molecule has 1 fully saturated rings. The molecule has 5 heteroatoms. The van der Waals surface area contributed by atoms with Gasteiger partial charge < -0.3 is 8.23 Å². The van der Waals surface area contributed by atoms with Crippen molar-refractivity contribution >= 4 is 27.4 Å².